The van der Waals surface area contributed by atoms with E-state index in [1.54, 1.807) is 0 Å². The van der Waals surface area contributed by atoms with Crippen molar-refractivity contribution in [2.45, 2.75) is 24.1 Å². The zero-order chi connectivity index (χ0) is 20.2. The lowest BCUT2D eigenvalue weighted by Gasteiger charge is -2.36. The molecule has 150 valence electrons. The summed E-state index contributed by atoms with van der Waals surface area (Å²) < 4.78 is 177. The van der Waals surface area contributed by atoms with Crippen molar-refractivity contribution in [1.29, 1.82) is 0 Å². The summed E-state index contributed by atoms with van der Waals surface area (Å²) in [4.78, 5) is 0. The Morgan fingerprint density at radius 3 is 1.68 bits per heavy atom. The molecule has 0 bridgehead atoms. The first kappa shape index (κ1) is 23.0. The highest BCUT2D eigenvalue weighted by Gasteiger charge is 2.84. The van der Waals surface area contributed by atoms with Gasteiger partial charge in [0.2, 0.25) is 0 Å². The molecule has 0 fully saturated rings. The SMILES string of the molecule is FN1P(F)N=P(F)(OC(F)(F)C(F)(F)C(F)(F)C(F)(F)F)N(F)P1F. The predicted molar refractivity (Wildman–Crippen MR) is 54.4 cm³/mol. The molecule has 0 aliphatic carbocycles. The minimum absolute atomic E-state index is 1.53. The molecule has 25 heavy (non-hydrogen) atoms. The third-order valence-corrected chi connectivity index (χ3v) is 7.29. The van der Waals surface area contributed by atoms with Crippen LogP contribution in [0, 0.1) is 0 Å². The van der Waals surface area contributed by atoms with Crippen molar-refractivity contribution in [2.24, 2.45) is 4.52 Å². The van der Waals surface area contributed by atoms with Crippen LogP contribution in [0.15, 0.2) is 4.52 Å². The molecule has 0 aromatic rings. The van der Waals surface area contributed by atoms with Crippen LogP contribution in [0.4, 0.5) is 61.1 Å². The van der Waals surface area contributed by atoms with Gasteiger partial charge in [-0.1, -0.05) is 0 Å². The molecule has 0 aromatic heterocycles. The number of halogens is 14. The Balaban J connectivity index is 3.34. The molecular formula is C4F14N3OP3. The molecule has 4 nitrogen and oxygen atoms in total. The van der Waals surface area contributed by atoms with E-state index in [0.717, 1.165) is 0 Å². The van der Waals surface area contributed by atoms with Crippen LogP contribution in [-0.2, 0) is 4.52 Å². The van der Waals surface area contributed by atoms with Gasteiger partial charge in [0.25, 0.3) is 0 Å². The smallest absolute Gasteiger partial charge is 0.235 e. The summed E-state index contributed by atoms with van der Waals surface area (Å²) >= 11 is 0. The summed E-state index contributed by atoms with van der Waals surface area (Å²) in [5, 5.41) is 0. The average Bonchev–Trinajstić information content (AvgIpc) is 2.40. The van der Waals surface area contributed by atoms with Gasteiger partial charge in [0.05, 0.1) is 0 Å². The monoisotopic (exact) mass is 465 g/mol. The van der Waals surface area contributed by atoms with E-state index in [1.807, 2.05) is 0 Å². The van der Waals surface area contributed by atoms with Gasteiger partial charge in [-0.15, -0.1) is 8.96 Å². The Bertz CT molecular complexity index is 566. The fourth-order valence-corrected chi connectivity index (χ4v) is 5.56. The molecule has 0 spiro atoms. The van der Waals surface area contributed by atoms with Crippen LogP contribution >= 0.6 is 24.8 Å². The molecule has 0 N–H and O–H groups in total. The average molecular weight is 465 g/mol. The molecule has 1 rings (SSSR count). The number of alkyl halides is 9. The highest BCUT2D eigenvalue weighted by atomic mass is 31.3. The fourth-order valence-electron chi connectivity index (χ4n) is 0.986. The zero-order valence-corrected chi connectivity index (χ0v) is 13.1. The summed E-state index contributed by atoms with van der Waals surface area (Å²) in [7, 11) is -16.6. The van der Waals surface area contributed by atoms with E-state index in [2.05, 4.69) is 4.52 Å². The Labute approximate surface area is 129 Å². The van der Waals surface area contributed by atoms with Gasteiger partial charge in [-0.2, -0.15) is 56.6 Å². The van der Waals surface area contributed by atoms with E-state index in [0.29, 0.717) is 0 Å². The second kappa shape index (κ2) is 6.55. The minimum atomic E-state index is -7.56. The van der Waals surface area contributed by atoms with Gasteiger partial charge in [0, 0.05) is 4.66 Å². The second-order valence-electron chi connectivity index (χ2n) is 3.78. The quantitative estimate of drug-likeness (QED) is 0.252. The van der Waals surface area contributed by atoms with E-state index < -0.39 is 58.3 Å². The van der Waals surface area contributed by atoms with Gasteiger partial charge in [0.15, 0.2) is 0 Å². The molecule has 1 aliphatic heterocycles. The number of hydrogen-bond donors (Lipinski definition) is 0. The predicted octanol–water partition coefficient (Wildman–Crippen LogP) is 7.12. The van der Waals surface area contributed by atoms with Gasteiger partial charge < -0.3 is 0 Å². The minimum Gasteiger partial charge on any atom is -0.235 e. The topological polar surface area (TPSA) is 28.1 Å². The standard InChI is InChI=1S/C4F14N3OP3/c5-1(6,3(9,10)11)2(7,8)4(12,13)22-25(18)19-23(16)20(14)24(17)21(25)15. The van der Waals surface area contributed by atoms with Crippen LogP contribution in [-0.4, -0.2) is 33.5 Å². The van der Waals surface area contributed by atoms with Crippen LogP contribution in [0.3, 0.4) is 0 Å². The van der Waals surface area contributed by atoms with Crippen molar-refractivity contribution in [3.8, 4) is 0 Å². The largest absolute Gasteiger partial charge is 0.460 e. The Kier molecular flexibility index (Phi) is 6.04. The van der Waals surface area contributed by atoms with Crippen molar-refractivity contribution < 1.29 is 65.6 Å². The Hall–Kier alpha value is -0.0100. The molecule has 0 amide bonds. The first-order chi connectivity index (χ1) is 10.8. The van der Waals surface area contributed by atoms with Crippen LogP contribution in [0.1, 0.15) is 0 Å². The molecule has 0 aromatic carbocycles. The van der Waals surface area contributed by atoms with E-state index in [1.165, 1.54) is 4.52 Å². The van der Waals surface area contributed by atoms with Crippen LogP contribution in [0.5, 0.6) is 0 Å². The third kappa shape index (κ3) is 3.70. The highest BCUT2D eigenvalue weighted by Crippen LogP contribution is 2.81. The molecule has 21 heteroatoms. The fraction of sp³-hybridized carbons (Fsp3) is 1.00. The zero-order valence-electron chi connectivity index (χ0n) is 10.4. The normalized spacial score (nSPS) is 31.1. The summed E-state index contributed by atoms with van der Waals surface area (Å²) in [5.74, 6) is -15.1. The van der Waals surface area contributed by atoms with Crippen LogP contribution in [0.2, 0.25) is 0 Å². The van der Waals surface area contributed by atoms with Crippen molar-refractivity contribution in [3.05, 3.63) is 0 Å². The van der Waals surface area contributed by atoms with E-state index >= 15 is 0 Å². The van der Waals surface area contributed by atoms with E-state index in [4.69, 9.17) is 0 Å². The van der Waals surface area contributed by atoms with E-state index in [-0.39, 0.29) is 0 Å². The molecule has 3 atom stereocenters. The first-order valence-electron chi connectivity index (χ1n) is 4.88. The Morgan fingerprint density at radius 1 is 0.840 bits per heavy atom. The molecule has 1 aliphatic rings. The van der Waals surface area contributed by atoms with Gasteiger partial charge in [0.1, 0.15) is 0 Å². The maximum absolute atomic E-state index is 13.6. The summed E-state index contributed by atoms with van der Waals surface area (Å²) in [6, 6.07) is 0. The van der Waals surface area contributed by atoms with Gasteiger partial charge in [-0.3, -0.25) is 0 Å². The summed E-state index contributed by atoms with van der Waals surface area (Å²) in [6.07, 6.45) is -14.5. The second-order valence-corrected chi connectivity index (χ2v) is 8.62. The lowest BCUT2D eigenvalue weighted by molar-refractivity contribution is -0.429. The lowest BCUT2D eigenvalue weighted by Crippen LogP contribution is -2.61. The van der Waals surface area contributed by atoms with Crippen molar-refractivity contribution in [3.63, 3.8) is 0 Å². The maximum atomic E-state index is 13.6. The van der Waals surface area contributed by atoms with Crippen molar-refractivity contribution in [1.82, 2.24) is 9.33 Å². The van der Waals surface area contributed by atoms with E-state index in [9.17, 15) is 61.1 Å². The molecular weight excluding hydrogens is 465 g/mol. The van der Waals surface area contributed by atoms with Crippen LogP contribution in [0.25, 0.3) is 0 Å². The van der Waals surface area contributed by atoms with Gasteiger partial charge >= 0.3 is 48.9 Å². The third-order valence-electron chi connectivity index (χ3n) is 2.14. The number of rotatable bonds is 4. The van der Waals surface area contributed by atoms with Gasteiger partial charge in [-0.05, 0) is 4.66 Å². The highest BCUT2D eigenvalue weighted by molar-refractivity contribution is 7.77. The summed E-state index contributed by atoms with van der Waals surface area (Å²) in [5.41, 5.74) is 0. The maximum Gasteiger partial charge on any atom is 0.460 e. The summed E-state index contributed by atoms with van der Waals surface area (Å²) in [6.45, 7) is 0. The first-order valence-corrected chi connectivity index (χ1v) is 8.66. The van der Waals surface area contributed by atoms with Crippen molar-refractivity contribution in [2.75, 3.05) is 0 Å². The van der Waals surface area contributed by atoms with Gasteiger partial charge in [-0.25, -0.2) is 4.52 Å². The lowest BCUT2D eigenvalue weighted by atomic mass is 10.1. The number of hydrogen-bond acceptors (Lipinski definition) is 4. The molecule has 3 unspecified atom stereocenters. The van der Waals surface area contributed by atoms with Crippen molar-refractivity contribution >= 4 is 24.8 Å². The Morgan fingerprint density at radius 2 is 1.28 bits per heavy atom. The molecule has 1 heterocycles. The molecule has 0 radical (unpaired) electrons. The molecule has 0 saturated heterocycles. The molecule has 0 saturated carbocycles. The van der Waals surface area contributed by atoms with Crippen LogP contribution < -0.4 is 0 Å². The number of nitrogens with zero attached hydrogens (tertiary/aromatic N) is 3.